The number of benzene rings is 1. The molecular weight excluding hydrogens is 633 g/mol. The van der Waals surface area contributed by atoms with E-state index >= 15 is 0 Å². The molecule has 0 aliphatic carbocycles. The number of aryl methyl sites for hydroxylation is 3. The summed E-state index contributed by atoms with van der Waals surface area (Å²) in [7, 11) is 3.59. The van der Waals surface area contributed by atoms with Gasteiger partial charge in [0.25, 0.3) is 0 Å². The Morgan fingerprint density at radius 3 is 1.94 bits per heavy atom. The van der Waals surface area contributed by atoms with E-state index in [9.17, 15) is 0 Å². The topological polar surface area (TPSA) is 38.5 Å². The van der Waals surface area contributed by atoms with Crippen molar-refractivity contribution >= 4 is 0 Å². The van der Waals surface area contributed by atoms with Gasteiger partial charge in [0.15, 0.2) is 0 Å². The number of rotatable bonds is 20. The van der Waals surface area contributed by atoms with Gasteiger partial charge < -0.3 is 15.4 Å². The van der Waals surface area contributed by atoms with E-state index in [-0.39, 0.29) is 6.10 Å². The molecule has 1 aromatic rings. The first-order valence-electron chi connectivity index (χ1n) is 20.4. The summed E-state index contributed by atoms with van der Waals surface area (Å²) in [6, 6.07) is 6.82. The number of terminal acetylenes is 1. The van der Waals surface area contributed by atoms with E-state index in [4.69, 9.17) is 11.2 Å². The van der Waals surface area contributed by atoms with Gasteiger partial charge in [-0.15, -0.1) is 6.42 Å². The third-order valence-electron chi connectivity index (χ3n) is 8.59. The van der Waals surface area contributed by atoms with E-state index in [1.54, 1.807) is 0 Å². The van der Waals surface area contributed by atoms with Crippen LogP contribution in [0.1, 0.15) is 151 Å². The van der Waals surface area contributed by atoms with Gasteiger partial charge in [-0.2, -0.15) is 0 Å². The molecule has 0 spiro atoms. The maximum absolute atomic E-state index is 5.81. The average Bonchev–Trinajstić information content (AvgIpc) is 3.15. The molecule has 0 heterocycles. The molecule has 3 nitrogen and oxygen atoms in total. The largest absolute Gasteiger partial charge is 0.374 e. The zero-order chi connectivity index (χ0) is 41.1. The molecule has 1 unspecified atom stereocenters. The van der Waals surface area contributed by atoms with Crippen molar-refractivity contribution in [3.8, 4) is 12.3 Å². The Bertz CT molecular complexity index is 1190. The molecule has 0 bridgehead atoms. The number of ether oxygens (including phenoxy) is 1. The van der Waals surface area contributed by atoms with Gasteiger partial charge >= 0.3 is 0 Å². The molecule has 1 rings (SSSR count). The van der Waals surface area contributed by atoms with Gasteiger partial charge in [0.05, 0.1) is 12.7 Å². The Kier molecular flexibility index (Phi) is 40.4. The highest BCUT2D eigenvalue weighted by molar-refractivity contribution is 5.39. The second-order valence-corrected chi connectivity index (χ2v) is 13.0. The highest BCUT2D eigenvalue weighted by Crippen LogP contribution is 2.25. The van der Waals surface area contributed by atoms with Crippen molar-refractivity contribution in [2.24, 2.45) is 17.6 Å². The lowest BCUT2D eigenvalue weighted by Crippen LogP contribution is -2.19. The van der Waals surface area contributed by atoms with Crippen molar-refractivity contribution in [2.75, 3.05) is 20.7 Å². The van der Waals surface area contributed by atoms with E-state index in [2.05, 4.69) is 142 Å². The van der Waals surface area contributed by atoms with Crippen molar-refractivity contribution in [1.29, 1.82) is 0 Å². The fourth-order valence-electron chi connectivity index (χ4n) is 5.73. The fourth-order valence-corrected chi connectivity index (χ4v) is 5.73. The zero-order valence-corrected chi connectivity index (χ0v) is 37.3. The van der Waals surface area contributed by atoms with Gasteiger partial charge in [-0.25, -0.2) is 0 Å². The lowest BCUT2D eigenvalue weighted by atomic mass is 9.88. The van der Waals surface area contributed by atoms with Gasteiger partial charge in [-0.3, -0.25) is 0 Å². The normalized spacial score (nSPS) is 11.8. The molecule has 0 aliphatic heterocycles. The number of allylic oxidation sites excluding steroid dienone is 8. The second-order valence-electron chi connectivity index (χ2n) is 13.0. The summed E-state index contributed by atoms with van der Waals surface area (Å²) in [6.07, 6.45) is 27.0. The van der Waals surface area contributed by atoms with Crippen LogP contribution in [-0.4, -0.2) is 31.7 Å². The SMILES string of the molecule is C#C/C(=C\CC(C)CCCc1ccc(C)cc1C)C(CCC)CCC.C=CC(C=C)=C/C(=C(/C)COC(C)C)N(C)/C(=C\C)CC.CC.CC.CN. The van der Waals surface area contributed by atoms with Gasteiger partial charge in [0, 0.05) is 24.0 Å². The van der Waals surface area contributed by atoms with Crippen LogP contribution in [0.15, 0.2) is 89.9 Å². The van der Waals surface area contributed by atoms with Gasteiger partial charge in [0.1, 0.15) is 0 Å². The molecule has 1 atom stereocenters. The minimum absolute atomic E-state index is 0.223. The van der Waals surface area contributed by atoms with Crippen LogP contribution >= 0.6 is 0 Å². The number of hydrogen-bond acceptors (Lipinski definition) is 3. The van der Waals surface area contributed by atoms with E-state index < -0.39 is 0 Å². The summed E-state index contributed by atoms with van der Waals surface area (Å²) in [6.45, 7) is 38.0. The second kappa shape index (κ2) is 37.7. The zero-order valence-electron chi connectivity index (χ0n) is 37.3. The minimum atomic E-state index is 0.223. The number of nitrogens with zero attached hydrogens (tertiary/aromatic N) is 1. The molecule has 0 fully saturated rings. The summed E-state index contributed by atoms with van der Waals surface area (Å²) in [4.78, 5) is 2.21. The summed E-state index contributed by atoms with van der Waals surface area (Å²) in [5.74, 6) is 4.29. The first-order valence-corrected chi connectivity index (χ1v) is 20.4. The Morgan fingerprint density at radius 2 is 1.52 bits per heavy atom. The Hall–Kier alpha value is -3.06. The van der Waals surface area contributed by atoms with Crippen LogP contribution in [0.4, 0.5) is 0 Å². The van der Waals surface area contributed by atoms with E-state index in [1.807, 2.05) is 39.8 Å². The van der Waals surface area contributed by atoms with Crippen LogP contribution in [0.3, 0.4) is 0 Å². The summed E-state index contributed by atoms with van der Waals surface area (Å²) in [5.41, 5.74) is 14.7. The monoisotopic (exact) mass is 719 g/mol. The van der Waals surface area contributed by atoms with Crippen LogP contribution in [-0.2, 0) is 11.2 Å². The molecule has 0 aliphatic rings. The number of nitrogens with two attached hydrogens (primary N) is 1. The molecule has 298 valence electrons. The highest BCUT2D eigenvalue weighted by atomic mass is 16.5. The molecule has 3 heteroatoms. The first-order chi connectivity index (χ1) is 24.9. The molecule has 0 amide bonds. The molecule has 1 aromatic carbocycles. The third kappa shape index (κ3) is 25.8. The summed E-state index contributed by atoms with van der Waals surface area (Å²) >= 11 is 0. The Balaban J connectivity index is -0.000000391. The van der Waals surface area contributed by atoms with Crippen LogP contribution < -0.4 is 5.73 Å². The number of hydrogen-bond donors (Lipinski definition) is 1. The fraction of sp³-hybridized carbons (Fsp3) is 0.592. The van der Waals surface area contributed by atoms with Crippen molar-refractivity contribution < 1.29 is 4.74 Å². The summed E-state index contributed by atoms with van der Waals surface area (Å²) in [5, 5.41) is 0. The Morgan fingerprint density at radius 1 is 0.962 bits per heavy atom. The molecule has 0 aromatic heterocycles. The van der Waals surface area contributed by atoms with E-state index in [0.29, 0.717) is 18.4 Å². The minimum Gasteiger partial charge on any atom is -0.374 e. The lowest BCUT2D eigenvalue weighted by molar-refractivity contribution is 0.0962. The predicted octanol–water partition coefficient (Wildman–Crippen LogP) is 14.3. The third-order valence-corrected chi connectivity index (χ3v) is 8.59. The summed E-state index contributed by atoms with van der Waals surface area (Å²) < 4.78 is 5.75. The molecule has 0 saturated carbocycles. The Labute approximate surface area is 326 Å². The molecule has 2 N–H and O–H groups in total. The molecule has 52 heavy (non-hydrogen) atoms. The molecule has 0 radical (unpaired) electrons. The van der Waals surface area contributed by atoms with E-state index in [0.717, 1.165) is 24.1 Å². The van der Waals surface area contributed by atoms with Gasteiger partial charge in [0.2, 0.25) is 0 Å². The highest BCUT2D eigenvalue weighted by Gasteiger charge is 2.12. The van der Waals surface area contributed by atoms with E-state index in [1.165, 1.54) is 85.5 Å². The predicted molar refractivity (Wildman–Crippen MR) is 240 cm³/mol. The molecule has 0 saturated heterocycles. The maximum atomic E-state index is 5.81. The van der Waals surface area contributed by atoms with Gasteiger partial charge in [-0.05, 0) is 127 Å². The van der Waals surface area contributed by atoms with Crippen LogP contribution in [0, 0.1) is 38.0 Å². The van der Waals surface area contributed by atoms with Crippen LogP contribution in [0.2, 0.25) is 0 Å². The quantitative estimate of drug-likeness (QED) is 0.108. The lowest BCUT2D eigenvalue weighted by Gasteiger charge is -2.26. The van der Waals surface area contributed by atoms with Crippen molar-refractivity contribution in [3.05, 3.63) is 107 Å². The van der Waals surface area contributed by atoms with Crippen LogP contribution in [0.5, 0.6) is 0 Å². The first kappa shape index (κ1) is 55.7. The maximum Gasteiger partial charge on any atom is 0.0700 e. The standard InChI is InChI=1S/C25H38.C19H31NO.2C2H6.CH5N/c1-7-11-25(12-8-2)23(9-3)17-15-20(4)13-10-14-24-18-16-21(5)19-22(24)6;1-9-17(10-2)13-19(16(7)14-21-15(5)6)20(8)18(11-3)12-4;3*1-2/h3,16-20,25H,7-8,10-15H2,1-2,4-6H3;9-11,13,15H,1-2,12,14H2,3-8H3;2*1-2H3;2H2,1H3/b23-17+;18-11-,19-16+;;;. The van der Waals surface area contributed by atoms with Crippen molar-refractivity contribution in [1.82, 2.24) is 4.90 Å². The number of likely N-dealkylation sites (N-methyl/N-ethyl adjacent to an activating group) is 1. The van der Waals surface area contributed by atoms with Crippen LogP contribution in [0.25, 0.3) is 0 Å². The van der Waals surface area contributed by atoms with Crippen molar-refractivity contribution in [2.45, 2.75) is 161 Å². The van der Waals surface area contributed by atoms with Gasteiger partial charge in [-0.1, -0.05) is 142 Å². The molecular formula is C49H86N2O. The smallest absolute Gasteiger partial charge is 0.0700 e. The van der Waals surface area contributed by atoms with Crippen molar-refractivity contribution in [3.63, 3.8) is 0 Å². The average molecular weight is 719 g/mol.